The van der Waals surface area contributed by atoms with Gasteiger partial charge in [-0.25, -0.2) is 23.7 Å². The van der Waals surface area contributed by atoms with Crippen LogP contribution in [0, 0.1) is 18.6 Å². The van der Waals surface area contributed by atoms with Gasteiger partial charge in [-0.15, -0.1) is 0 Å². The van der Waals surface area contributed by atoms with Gasteiger partial charge in [-0.3, -0.25) is 0 Å². The maximum atomic E-state index is 14.3. The lowest BCUT2D eigenvalue weighted by Gasteiger charge is -2.11. The molecule has 2 aromatic heterocycles. The van der Waals surface area contributed by atoms with Crippen LogP contribution in [0.5, 0.6) is 0 Å². The summed E-state index contributed by atoms with van der Waals surface area (Å²) in [7, 11) is 0. The highest BCUT2D eigenvalue weighted by Gasteiger charge is 2.17. The van der Waals surface area contributed by atoms with Gasteiger partial charge in [0.1, 0.15) is 17.0 Å². The number of aryl methyl sites for hydroxylation is 1. The van der Waals surface area contributed by atoms with Crippen LogP contribution in [0.25, 0.3) is 22.3 Å². The smallest absolute Gasteiger partial charge is 0.220 e. The quantitative estimate of drug-likeness (QED) is 0.789. The second kappa shape index (κ2) is 5.01. The Labute approximate surface area is 125 Å². The average Bonchev–Trinajstić information content (AvgIpc) is 2.78. The molecule has 3 rings (SSSR count). The third-order valence-electron chi connectivity index (χ3n) is 3.48. The van der Waals surface area contributed by atoms with E-state index in [-0.39, 0.29) is 23.2 Å². The van der Waals surface area contributed by atoms with E-state index >= 15 is 0 Å². The van der Waals surface area contributed by atoms with Crippen molar-refractivity contribution in [2.45, 2.75) is 26.8 Å². The van der Waals surface area contributed by atoms with Gasteiger partial charge < -0.3 is 10.3 Å². The van der Waals surface area contributed by atoms with Crippen LogP contribution in [-0.2, 0) is 0 Å². The van der Waals surface area contributed by atoms with Gasteiger partial charge in [0, 0.05) is 11.6 Å². The van der Waals surface area contributed by atoms with E-state index in [4.69, 9.17) is 5.73 Å². The number of anilines is 1. The number of hydrogen-bond acceptors (Lipinski definition) is 4. The van der Waals surface area contributed by atoms with E-state index in [0.29, 0.717) is 16.9 Å². The first kappa shape index (κ1) is 14.4. The molecule has 0 spiro atoms. The molecule has 0 aliphatic heterocycles. The number of nitrogens with zero attached hydrogens (tertiary/aromatic N) is 4. The Kier molecular flexibility index (Phi) is 3.27. The maximum Gasteiger partial charge on any atom is 0.220 e. The van der Waals surface area contributed by atoms with Crippen LogP contribution in [-0.4, -0.2) is 19.5 Å². The van der Waals surface area contributed by atoms with Crippen molar-refractivity contribution in [1.82, 2.24) is 19.5 Å². The number of fused-ring (bicyclic) bond motifs is 1. The van der Waals surface area contributed by atoms with Crippen molar-refractivity contribution in [3.05, 3.63) is 35.8 Å². The molecular formula is C15H15F2N5. The van der Waals surface area contributed by atoms with Gasteiger partial charge >= 0.3 is 0 Å². The summed E-state index contributed by atoms with van der Waals surface area (Å²) < 4.78 is 30.2. The first-order valence-electron chi connectivity index (χ1n) is 6.85. The van der Waals surface area contributed by atoms with Crippen LogP contribution in [0.1, 0.15) is 25.7 Å². The number of nitrogen functional groups attached to an aromatic ring is 1. The zero-order valence-electron chi connectivity index (χ0n) is 12.4. The van der Waals surface area contributed by atoms with Crippen molar-refractivity contribution in [1.29, 1.82) is 0 Å². The number of hydrogen-bond donors (Lipinski definition) is 1. The predicted octanol–water partition coefficient (Wildman–Crippen LogP) is 3.24. The van der Waals surface area contributed by atoms with Crippen LogP contribution in [0.3, 0.4) is 0 Å². The summed E-state index contributed by atoms with van der Waals surface area (Å²) in [4.78, 5) is 11.7. The van der Waals surface area contributed by atoms with Crippen molar-refractivity contribution in [2.75, 3.05) is 5.73 Å². The van der Waals surface area contributed by atoms with Crippen LogP contribution in [0.15, 0.2) is 18.3 Å². The van der Waals surface area contributed by atoms with Crippen LogP contribution in [0.4, 0.5) is 14.7 Å². The van der Waals surface area contributed by atoms with Crippen LogP contribution < -0.4 is 5.73 Å². The molecule has 0 aliphatic carbocycles. The van der Waals surface area contributed by atoms with Gasteiger partial charge in [-0.05, 0) is 32.9 Å². The number of halogens is 2. The van der Waals surface area contributed by atoms with Crippen LogP contribution in [0.2, 0.25) is 0 Å². The highest BCUT2D eigenvalue weighted by Crippen LogP contribution is 2.29. The second-order valence-corrected chi connectivity index (χ2v) is 5.37. The lowest BCUT2D eigenvalue weighted by Crippen LogP contribution is -2.03. The van der Waals surface area contributed by atoms with E-state index in [1.54, 1.807) is 6.07 Å². The fraction of sp³-hybridized carbons (Fsp3) is 0.267. The molecule has 0 saturated carbocycles. The minimum absolute atomic E-state index is 0.0255. The maximum absolute atomic E-state index is 14.3. The highest BCUT2D eigenvalue weighted by atomic mass is 19.1. The zero-order chi connectivity index (χ0) is 16.0. The molecular weight excluding hydrogens is 288 g/mol. The highest BCUT2D eigenvalue weighted by molar-refractivity contribution is 5.83. The molecule has 0 unspecified atom stereocenters. The minimum Gasteiger partial charge on any atom is -0.368 e. The topological polar surface area (TPSA) is 69.6 Å². The third-order valence-corrected chi connectivity index (χ3v) is 3.48. The first-order valence-corrected chi connectivity index (χ1v) is 6.85. The number of benzene rings is 1. The molecule has 22 heavy (non-hydrogen) atoms. The monoisotopic (exact) mass is 303 g/mol. The SMILES string of the molecule is Cc1nc2c(F)cc(-c3nc(N)ncc3F)cc2n1C(C)C. The largest absolute Gasteiger partial charge is 0.368 e. The molecule has 114 valence electrons. The fourth-order valence-corrected chi connectivity index (χ4v) is 2.64. The molecule has 5 nitrogen and oxygen atoms in total. The Bertz CT molecular complexity index is 870. The Balaban J connectivity index is 2.32. The Morgan fingerprint density at radius 3 is 2.55 bits per heavy atom. The molecule has 3 aromatic rings. The van der Waals surface area contributed by atoms with Crippen molar-refractivity contribution in [2.24, 2.45) is 0 Å². The molecule has 7 heteroatoms. The first-order chi connectivity index (χ1) is 10.4. The number of rotatable bonds is 2. The number of imidazole rings is 1. The summed E-state index contributed by atoms with van der Waals surface area (Å²) >= 11 is 0. The van der Waals surface area contributed by atoms with Crippen LogP contribution >= 0.6 is 0 Å². The van der Waals surface area contributed by atoms with Gasteiger partial charge in [0.05, 0.1) is 11.7 Å². The van der Waals surface area contributed by atoms with E-state index in [9.17, 15) is 8.78 Å². The molecule has 0 bridgehead atoms. The number of aromatic nitrogens is 4. The molecule has 0 radical (unpaired) electrons. The Morgan fingerprint density at radius 1 is 1.14 bits per heavy atom. The summed E-state index contributed by atoms with van der Waals surface area (Å²) in [5.74, 6) is -0.541. The summed E-state index contributed by atoms with van der Waals surface area (Å²) in [6.07, 6.45) is 0.977. The van der Waals surface area contributed by atoms with Crippen molar-refractivity contribution >= 4 is 17.0 Å². The third kappa shape index (κ3) is 2.18. The Hall–Kier alpha value is -2.57. The van der Waals surface area contributed by atoms with E-state index in [2.05, 4.69) is 15.0 Å². The number of nitrogens with two attached hydrogens (primary N) is 1. The van der Waals surface area contributed by atoms with E-state index in [1.807, 2.05) is 25.3 Å². The van der Waals surface area contributed by atoms with E-state index in [1.165, 1.54) is 6.07 Å². The van der Waals surface area contributed by atoms with Gasteiger partial charge in [0.2, 0.25) is 5.95 Å². The Morgan fingerprint density at radius 2 is 1.86 bits per heavy atom. The minimum atomic E-state index is -0.653. The van der Waals surface area contributed by atoms with Gasteiger partial charge in [-0.2, -0.15) is 0 Å². The summed E-state index contributed by atoms with van der Waals surface area (Å²) in [6, 6.07) is 2.98. The normalized spacial score (nSPS) is 11.5. The lowest BCUT2D eigenvalue weighted by atomic mass is 10.1. The fourth-order valence-electron chi connectivity index (χ4n) is 2.64. The summed E-state index contributed by atoms with van der Waals surface area (Å²) in [6.45, 7) is 5.76. The van der Waals surface area contributed by atoms with Gasteiger partial charge in [0.25, 0.3) is 0 Å². The van der Waals surface area contributed by atoms with E-state index in [0.717, 1.165) is 6.20 Å². The molecule has 1 aromatic carbocycles. The van der Waals surface area contributed by atoms with E-state index < -0.39 is 11.6 Å². The molecule has 0 amide bonds. The average molecular weight is 303 g/mol. The van der Waals surface area contributed by atoms with Crippen molar-refractivity contribution < 1.29 is 8.78 Å². The lowest BCUT2D eigenvalue weighted by molar-refractivity contribution is 0.600. The standard InChI is InChI=1S/C15H15F2N5/c1-7(2)22-8(3)20-14-10(16)4-9(5-12(14)22)13-11(17)6-19-15(18)21-13/h4-7H,1-3H3,(H2,18,19,21). The summed E-state index contributed by atoms with van der Waals surface area (Å²) in [5, 5.41) is 0. The molecule has 2 heterocycles. The van der Waals surface area contributed by atoms with Crippen molar-refractivity contribution in [3.8, 4) is 11.3 Å². The molecule has 0 saturated heterocycles. The van der Waals surface area contributed by atoms with Gasteiger partial charge in [-0.1, -0.05) is 0 Å². The predicted molar refractivity (Wildman–Crippen MR) is 80.2 cm³/mol. The second-order valence-electron chi connectivity index (χ2n) is 5.37. The van der Waals surface area contributed by atoms with Crippen molar-refractivity contribution in [3.63, 3.8) is 0 Å². The summed E-state index contributed by atoms with van der Waals surface area (Å²) in [5.41, 5.74) is 6.63. The molecule has 0 atom stereocenters. The molecule has 2 N–H and O–H groups in total. The molecule has 0 fully saturated rings. The molecule has 0 aliphatic rings. The van der Waals surface area contributed by atoms with Gasteiger partial charge in [0.15, 0.2) is 11.6 Å². The zero-order valence-corrected chi connectivity index (χ0v) is 12.4.